The molecule has 3 N–H and O–H groups in total. The topological polar surface area (TPSA) is 95.5 Å². The molecule has 1 aliphatic rings. The first-order chi connectivity index (χ1) is 10.1. The van der Waals surface area contributed by atoms with Gasteiger partial charge in [-0.3, -0.25) is 13.8 Å². The Labute approximate surface area is 129 Å². The molecular formula is C14H28N2O4S. The van der Waals surface area contributed by atoms with Crippen LogP contribution in [0.3, 0.4) is 0 Å². The van der Waals surface area contributed by atoms with Crippen LogP contribution in [0.25, 0.3) is 0 Å². The fourth-order valence-corrected chi connectivity index (χ4v) is 4.50. The molecule has 2 unspecified atom stereocenters. The predicted molar refractivity (Wildman–Crippen MR) is 84.7 cm³/mol. The van der Waals surface area contributed by atoms with Crippen molar-refractivity contribution in [2.75, 3.05) is 12.8 Å². The van der Waals surface area contributed by atoms with Crippen molar-refractivity contribution >= 4 is 23.2 Å². The third-order valence-electron chi connectivity index (χ3n) is 3.53. The maximum atomic E-state index is 12.0. The molecule has 7 heteroatoms. The zero-order valence-electron chi connectivity index (χ0n) is 13.1. The Hall–Kier alpha value is -0.950. The molecule has 6 nitrogen and oxygen atoms in total. The smallest absolute Gasteiger partial charge is 0.303 e. The van der Waals surface area contributed by atoms with Gasteiger partial charge in [-0.2, -0.15) is 0 Å². The molecule has 0 aliphatic carbocycles. The zero-order valence-corrected chi connectivity index (χ0v) is 13.9. The second-order valence-electron chi connectivity index (χ2n) is 4.78. The average Bonchev–Trinajstić information content (AvgIpc) is 2.77. The standard InChI is InChI=1S/C12H22N2O4S.C2H6/c1-13-9-7-19(18)10(12(9)14-8-15)5-3-2-4-6-11(16)17;1-2/h8-10,12-13H,2-7H2,1H3,(H,14,15)(H,16,17);1-2H3/t9-,10?,12-,19?;/m0./s1. The van der Waals surface area contributed by atoms with Gasteiger partial charge in [0.25, 0.3) is 0 Å². The van der Waals surface area contributed by atoms with Crippen molar-refractivity contribution in [2.24, 2.45) is 0 Å². The molecule has 0 spiro atoms. The van der Waals surface area contributed by atoms with E-state index in [1.165, 1.54) is 0 Å². The molecule has 1 amide bonds. The summed E-state index contributed by atoms with van der Waals surface area (Å²) in [6.07, 6.45) is 3.92. The number of carbonyl (C=O) groups is 2. The van der Waals surface area contributed by atoms with E-state index >= 15 is 0 Å². The van der Waals surface area contributed by atoms with E-state index in [1.54, 1.807) is 7.05 Å². The van der Waals surface area contributed by atoms with Crippen LogP contribution >= 0.6 is 0 Å². The molecule has 0 aromatic rings. The summed E-state index contributed by atoms with van der Waals surface area (Å²) in [6, 6.07) is -0.0436. The molecule has 1 heterocycles. The first-order valence-corrected chi connectivity index (χ1v) is 8.94. The SMILES string of the molecule is CC.CN[C@H]1CS(=O)C(CCCCCC(=O)O)[C@H]1NC=O. The highest BCUT2D eigenvalue weighted by atomic mass is 32.2. The Balaban J connectivity index is 0.00000191. The van der Waals surface area contributed by atoms with Gasteiger partial charge in [-0.15, -0.1) is 0 Å². The van der Waals surface area contributed by atoms with E-state index in [1.807, 2.05) is 13.8 Å². The number of likely N-dealkylation sites (N-methyl/N-ethyl adjacent to an activating group) is 1. The fraction of sp³-hybridized carbons (Fsp3) is 0.857. The van der Waals surface area contributed by atoms with Crippen LogP contribution in [0.2, 0.25) is 0 Å². The van der Waals surface area contributed by atoms with Crippen molar-refractivity contribution in [2.45, 2.75) is 63.3 Å². The first-order valence-electron chi connectivity index (χ1n) is 7.56. The number of nitrogens with one attached hydrogen (secondary N) is 2. The molecule has 0 radical (unpaired) electrons. The molecule has 0 bridgehead atoms. The molecule has 1 rings (SSSR count). The minimum atomic E-state index is -0.937. The van der Waals surface area contributed by atoms with Crippen molar-refractivity contribution in [1.82, 2.24) is 10.6 Å². The van der Waals surface area contributed by atoms with E-state index in [2.05, 4.69) is 10.6 Å². The summed E-state index contributed by atoms with van der Waals surface area (Å²) < 4.78 is 12.0. The maximum absolute atomic E-state index is 12.0. The highest BCUT2D eigenvalue weighted by molar-refractivity contribution is 7.86. The molecule has 1 fully saturated rings. The number of carboxylic acids is 1. The second-order valence-corrected chi connectivity index (χ2v) is 6.48. The van der Waals surface area contributed by atoms with E-state index in [9.17, 15) is 13.8 Å². The van der Waals surface area contributed by atoms with Crippen LogP contribution in [-0.4, -0.2) is 51.8 Å². The van der Waals surface area contributed by atoms with Crippen LogP contribution in [0.15, 0.2) is 0 Å². The molecule has 1 aliphatic heterocycles. The van der Waals surface area contributed by atoms with Crippen LogP contribution < -0.4 is 10.6 Å². The number of rotatable bonds is 9. The quantitative estimate of drug-likeness (QED) is 0.433. The first kappa shape index (κ1) is 20.1. The van der Waals surface area contributed by atoms with Crippen molar-refractivity contribution in [1.29, 1.82) is 0 Å². The van der Waals surface area contributed by atoms with Crippen LogP contribution in [0.4, 0.5) is 0 Å². The van der Waals surface area contributed by atoms with Gasteiger partial charge in [-0.05, 0) is 19.9 Å². The lowest BCUT2D eigenvalue weighted by molar-refractivity contribution is -0.137. The number of amides is 1. The van der Waals surface area contributed by atoms with Gasteiger partial charge in [0.1, 0.15) is 0 Å². The Morgan fingerprint density at radius 2 is 2.00 bits per heavy atom. The predicted octanol–water partition coefficient (Wildman–Crippen LogP) is 0.881. The summed E-state index contributed by atoms with van der Waals surface area (Å²) in [5, 5.41) is 14.3. The highest BCUT2D eigenvalue weighted by Gasteiger charge is 2.40. The van der Waals surface area contributed by atoms with Crippen molar-refractivity contribution < 1.29 is 18.9 Å². The molecule has 0 aromatic heterocycles. The largest absolute Gasteiger partial charge is 0.481 e. The minimum absolute atomic E-state index is 0.0347. The van der Waals surface area contributed by atoms with Gasteiger partial charge in [0.05, 0.1) is 11.3 Å². The molecule has 1 saturated heterocycles. The maximum Gasteiger partial charge on any atom is 0.303 e. The molecule has 124 valence electrons. The van der Waals surface area contributed by atoms with Gasteiger partial charge in [-0.1, -0.05) is 26.7 Å². The summed E-state index contributed by atoms with van der Waals surface area (Å²) in [6.45, 7) is 4.00. The number of hydrogen-bond donors (Lipinski definition) is 3. The van der Waals surface area contributed by atoms with Crippen molar-refractivity contribution in [3.63, 3.8) is 0 Å². The van der Waals surface area contributed by atoms with Crippen LogP contribution in [0, 0.1) is 0 Å². The van der Waals surface area contributed by atoms with E-state index in [4.69, 9.17) is 5.11 Å². The fourth-order valence-electron chi connectivity index (χ4n) is 2.50. The van der Waals surface area contributed by atoms with Crippen molar-refractivity contribution in [3.8, 4) is 0 Å². The van der Waals surface area contributed by atoms with E-state index in [-0.39, 0.29) is 23.8 Å². The number of unbranched alkanes of at least 4 members (excludes halogenated alkanes) is 2. The molecule has 0 aromatic carbocycles. The third kappa shape index (κ3) is 7.04. The van der Waals surface area contributed by atoms with Crippen LogP contribution in [-0.2, 0) is 20.4 Å². The lowest BCUT2D eigenvalue weighted by atomic mass is 10.0. The summed E-state index contributed by atoms with van der Waals surface area (Å²) in [5.41, 5.74) is 0. The Kier molecular flexibility index (Phi) is 11.2. The molecule has 21 heavy (non-hydrogen) atoms. The van der Waals surface area contributed by atoms with E-state index in [0.717, 1.165) is 19.3 Å². The summed E-state index contributed by atoms with van der Waals surface area (Å²) in [4.78, 5) is 21.0. The number of hydrogen-bond acceptors (Lipinski definition) is 4. The molecule has 0 saturated carbocycles. The normalized spacial score (nSPS) is 27.6. The summed E-state index contributed by atoms with van der Waals surface area (Å²) >= 11 is 0. The molecule has 4 atom stereocenters. The monoisotopic (exact) mass is 320 g/mol. The third-order valence-corrected chi connectivity index (χ3v) is 5.42. The summed E-state index contributed by atoms with van der Waals surface area (Å²) in [7, 11) is 0.866. The summed E-state index contributed by atoms with van der Waals surface area (Å²) in [5.74, 6) is -0.220. The van der Waals surface area contributed by atoms with Gasteiger partial charge in [0.2, 0.25) is 6.41 Å². The Bertz CT molecular complexity index is 339. The average molecular weight is 320 g/mol. The lowest BCUT2D eigenvalue weighted by Gasteiger charge is -2.22. The van der Waals surface area contributed by atoms with Crippen molar-refractivity contribution in [3.05, 3.63) is 0 Å². The zero-order chi connectivity index (χ0) is 16.3. The minimum Gasteiger partial charge on any atom is -0.481 e. The highest BCUT2D eigenvalue weighted by Crippen LogP contribution is 2.23. The van der Waals surface area contributed by atoms with Gasteiger partial charge in [-0.25, -0.2) is 0 Å². The van der Waals surface area contributed by atoms with Crippen LogP contribution in [0.1, 0.15) is 46.0 Å². The van der Waals surface area contributed by atoms with E-state index in [0.29, 0.717) is 18.6 Å². The van der Waals surface area contributed by atoms with Crippen LogP contribution in [0.5, 0.6) is 0 Å². The van der Waals surface area contributed by atoms with Gasteiger partial charge in [0.15, 0.2) is 0 Å². The number of carboxylic acid groups (broad SMARTS) is 1. The van der Waals surface area contributed by atoms with E-state index < -0.39 is 16.8 Å². The second kappa shape index (κ2) is 11.7. The van der Waals surface area contributed by atoms with Gasteiger partial charge < -0.3 is 15.7 Å². The molecular weight excluding hydrogens is 292 g/mol. The lowest BCUT2D eigenvalue weighted by Crippen LogP contribution is -2.48. The van der Waals surface area contributed by atoms with Gasteiger partial charge >= 0.3 is 5.97 Å². The Morgan fingerprint density at radius 3 is 2.52 bits per heavy atom. The number of aliphatic carboxylic acids is 1. The number of carbonyl (C=O) groups excluding carboxylic acids is 1. The Morgan fingerprint density at radius 1 is 1.33 bits per heavy atom. The van der Waals surface area contributed by atoms with Gasteiger partial charge in [0, 0.05) is 29.0 Å².